The van der Waals surface area contributed by atoms with Crippen LogP contribution in [0, 0.1) is 12.8 Å². The molecule has 22 heavy (non-hydrogen) atoms. The molecule has 2 fully saturated rings. The molecule has 1 aromatic rings. The standard InChI is InChI=1S/C15H21N5O2/c1-3-11-7-12(18-9(2)17-11)16-8-10-5-4-6-15(10)13(21)19-14(22)20-15/h7,10H,3-6,8H2,1-2H3,(H,16,17,18)(H2,19,20,21,22)/t10-,15+/m1/s1. The lowest BCUT2D eigenvalue weighted by Crippen LogP contribution is -2.51. The monoisotopic (exact) mass is 303 g/mol. The number of carbonyl (C=O) groups is 2. The summed E-state index contributed by atoms with van der Waals surface area (Å²) in [5.41, 5.74) is 0.239. The lowest BCUT2D eigenvalue weighted by atomic mass is 9.87. The van der Waals surface area contributed by atoms with Gasteiger partial charge < -0.3 is 10.6 Å². The summed E-state index contributed by atoms with van der Waals surface area (Å²) >= 11 is 0. The molecule has 1 aliphatic carbocycles. The van der Waals surface area contributed by atoms with E-state index in [0.29, 0.717) is 13.0 Å². The summed E-state index contributed by atoms with van der Waals surface area (Å²) in [6.07, 6.45) is 3.39. The van der Waals surface area contributed by atoms with Gasteiger partial charge in [0, 0.05) is 24.2 Å². The van der Waals surface area contributed by atoms with Crippen molar-refractivity contribution in [3.05, 3.63) is 17.6 Å². The summed E-state index contributed by atoms with van der Waals surface area (Å²) in [5, 5.41) is 8.50. The Labute approximate surface area is 129 Å². The zero-order chi connectivity index (χ0) is 15.7. The molecule has 1 saturated heterocycles. The molecule has 1 aliphatic heterocycles. The average molecular weight is 303 g/mol. The van der Waals surface area contributed by atoms with Crippen LogP contribution < -0.4 is 16.0 Å². The van der Waals surface area contributed by atoms with Gasteiger partial charge in [-0.1, -0.05) is 13.3 Å². The number of aryl methyl sites for hydroxylation is 2. The van der Waals surface area contributed by atoms with E-state index in [0.717, 1.165) is 36.6 Å². The lowest BCUT2D eigenvalue weighted by molar-refractivity contribution is -0.125. The van der Waals surface area contributed by atoms with E-state index in [2.05, 4.69) is 32.8 Å². The molecule has 0 radical (unpaired) electrons. The summed E-state index contributed by atoms with van der Waals surface area (Å²) in [4.78, 5) is 32.4. The number of amides is 3. The smallest absolute Gasteiger partial charge is 0.322 e. The predicted molar refractivity (Wildman–Crippen MR) is 81.4 cm³/mol. The van der Waals surface area contributed by atoms with Gasteiger partial charge in [-0.2, -0.15) is 0 Å². The van der Waals surface area contributed by atoms with Gasteiger partial charge in [-0.3, -0.25) is 10.1 Å². The maximum Gasteiger partial charge on any atom is 0.322 e. The summed E-state index contributed by atoms with van der Waals surface area (Å²) in [6, 6.07) is 1.55. The summed E-state index contributed by atoms with van der Waals surface area (Å²) < 4.78 is 0. The van der Waals surface area contributed by atoms with E-state index in [4.69, 9.17) is 0 Å². The number of imide groups is 1. The minimum atomic E-state index is -0.750. The second-order valence-corrected chi connectivity index (χ2v) is 5.99. The van der Waals surface area contributed by atoms with Crippen molar-refractivity contribution in [2.45, 2.75) is 45.1 Å². The van der Waals surface area contributed by atoms with Crippen LogP contribution in [0.1, 0.15) is 37.7 Å². The fraction of sp³-hybridized carbons (Fsp3) is 0.600. The lowest BCUT2D eigenvalue weighted by Gasteiger charge is -2.28. The van der Waals surface area contributed by atoms with Crippen LogP contribution >= 0.6 is 0 Å². The van der Waals surface area contributed by atoms with E-state index in [9.17, 15) is 9.59 Å². The second-order valence-electron chi connectivity index (χ2n) is 5.99. The number of hydrogen-bond acceptors (Lipinski definition) is 5. The molecule has 7 heteroatoms. The molecule has 118 valence electrons. The first-order valence-electron chi connectivity index (χ1n) is 7.75. The van der Waals surface area contributed by atoms with Crippen molar-refractivity contribution in [2.75, 3.05) is 11.9 Å². The van der Waals surface area contributed by atoms with Crippen LogP contribution in [-0.2, 0) is 11.2 Å². The van der Waals surface area contributed by atoms with Gasteiger partial charge in [0.25, 0.3) is 5.91 Å². The molecular weight excluding hydrogens is 282 g/mol. The number of aromatic nitrogens is 2. The van der Waals surface area contributed by atoms with Gasteiger partial charge in [0.2, 0.25) is 0 Å². The van der Waals surface area contributed by atoms with Crippen LogP contribution in [0.2, 0.25) is 0 Å². The Morgan fingerprint density at radius 1 is 1.41 bits per heavy atom. The fourth-order valence-corrected chi connectivity index (χ4v) is 3.45. The highest BCUT2D eigenvalue weighted by Gasteiger charge is 2.54. The molecule has 7 nitrogen and oxygen atoms in total. The highest BCUT2D eigenvalue weighted by molar-refractivity contribution is 6.07. The number of carbonyl (C=O) groups excluding carboxylic acids is 2. The molecule has 0 unspecified atom stereocenters. The zero-order valence-electron chi connectivity index (χ0n) is 12.9. The van der Waals surface area contributed by atoms with Crippen LogP contribution in [0.25, 0.3) is 0 Å². The van der Waals surface area contributed by atoms with Crippen molar-refractivity contribution in [1.29, 1.82) is 0 Å². The highest BCUT2D eigenvalue weighted by Crippen LogP contribution is 2.37. The van der Waals surface area contributed by atoms with Crippen molar-refractivity contribution in [3.63, 3.8) is 0 Å². The highest BCUT2D eigenvalue weighted by atomic mass is 16.2. The van der Waals surface area contributed by atoms with Gasteiger partial charge in [-0.15, -0.1) is 0 Å². The largest absolute Gasteiger partial charge is 0.370 e. The molecule has 3 N–H and O–H groups in total. The molecule has 1 saturated carbocycles. The van der Waals surface area contributed by atoms with E-state index in [1.165, 1.54) is 0 Å². The molecule has 1 spiro atoms. The SMILES string of the molecule is CCc1cc(NC[C@H]2CCC[C@]23NC(=O)NC3=O)nc(C)n1. The molecule has 1 aromatic heterocycles. The third-order valence-corrected chi connectivity index (χ3v) is 4.57. The molecule has 2 aliphatic rings. The van der Waals surface area contributed by atoms with Crippen LogP contribution in [0.15, 0.2) is 6.07 Å². The van der Waals surface area contributed by atoms with E-state index in [-0.39, 0.29) is 17.9 Å². The van der Waals surface area contributed by atoms with E-state index in [1.807, 2.05) is 13.0 Å². The Balaban J connectivity index is 1.72. The summed E-state index contributed by atoms with van der Waals surface area (Å²) in [5.74, 6) is 1.38. The molecule has 2 heterocycles. The first-order chi connectivity index (χ1) is 10.5. The zero-order valence-corrected chi connectivity index (χ0v) is 12.9. The van der Waals surface area contributed by atoms with Gasteiger partial charge in [0.1, 0.15) is 17.2 Å². The van der Waals surface area contributed by atoms with Gasteiger partial charge in [-0.25, -0.2) is 14.8 Å². The van der Waals surface area contributed by atoms with Crippen LogP contribution in [-0.4, -0.2) is 34.0 Å². The minimum absolute atomic E-state index is 0.0688. The van der Waals surface area contributed by atoms with Gasteiger partial charge in [0.15, 0.2) is 0 Å². The molecule has 0 bridgehead atoms. The predicted octanol–water partition coefficient (Wildman–Crippen LogP) is 1.14. The number of anilines is 1. The summed E-state index contributed by atoms with van der Waals surface area (Å²) in [7, 11) is 0. The van der Waals surface area contributed by atoms with E-state index < -0.39 is 5.54 Å². The Bertz CT molecular complexity index is 618. The van der Waals surface area contributed by atoms with Gasteiger partial charge in [-0.05, 0) is 26.2 Å². The molecular formula is C15H21N5O2. The molecule has 3 amide bonds. The minimum Gasteiger partial charge on any atom is -0.370 e. The van der Waals surface area contributed by atoms with Crippen molar-refractivity contribution in [1.82, 2.24) is 20.6 Å². The second kappa shape index (κ2) is 5.55. The van der Waals surface area contributed by atoms with E-state index >= 15 is 0 Å². The van der Waals surface area contributed by atoms with Gasteiger partial charge >= 0.3 is 6.03 Å². The number of hydrogen-bond donors (Lipinski definition) is 3. The number of nitrogens with zero attached hydrogens (tertiary/aromatic N) is 2. The Kier molecular flexibility index (Phi) is 3.72. The molecule has 0 aromatic carbocycles. The summed E-state index contributed by atoms with van der Waals surface area (Å²) in [6.45, 7) is 4.52. The topological polar surface area (TPSA) is 96.0 Å². The number of urea groups is 1. The first kappa shape index (κ1) is 14.7. The maximum atomic E-state index is 12.1. The fourth-order valence-electron chi connectivity index (χ4n) is 3.45. The Hall–Kier alpha value is -2.18. The van der Waals surface area contributed by atoms with Crippen molar-refractivity contribution >= 4 is 17.8 Å². The third-order valence-electron chi connectivity index (χ3n) is 4.57. The third kappa shape index (κ3) is 2.51. The normalized spacial score (nSPS) is 27.1. The van der Waals surface area contributed by atoms with Crippen molar-refractivity contribution < 1.29 is 9.59 Å². The molecule has 3 rings (SSSR count). The quantitative estimate of drug-likeness (QED) is 0.725. The van der Waals surface area contributed by atoms with Crippen LogP contribution in [0.3, 0.4) is 0 Å². The number of nitrogens with one attached hydrogen (secondary N) is 3. The molecule has 2 atom stereocenters. The first-order valence-corrected chi connectivity index (χ1v) is 7.75. The van der Waals surface area contributed by atoms with Crippen molar-refractivity contribution in [3.8, 4) is 0 Å². The van der Waals surface area contributed by atoms with Gasteiger partial charge in [0.05, 0.1) is 0 Å². The van der Waals surface area contributed by atoms with Crippen molar-refractivity contribution in [2.24, 2.45) is 5.92 Å². The Morgan fingerprint density at radius 3 is 2.91 bits per heavy atom. The van der Waals surface area contributed by atoms with Crippen LogP contribution in [0.4, 0.5) is 10.6 Å². The maximum absolute atomic E-state index is 12.1. The average Bonchev–Trinajstić information content (AvgIpc) is 3.00. The van der Waals surface area contributed by atoms with Crippen LogP contribution in [0.5, 0.6) is 0 Å². The Morgan fingerprint density at radius 2 is 2.23 bits per heavy atom. The number of rotatable bonds is 4. The van der Waals surface area contributed by atoms with E-state index in [1.54, 1.807) is 0 Å².